The zero-order valence-corrected chi connectivity index (χ0v) is 14.6. The highest BCUT2D eigenvalue weighted by molar-refractivity contribution is 5.93. The van der Waals surface area contributed by atoms with E-state index in [2.05, 4.69) is 5.16 Å². The van der Waals surface area contributed by atoms with Gasteiger partial charge in [-0.1, -0.05) is 53.7 Å². The van der Waals surface area contributed by atoms with E-state index in [0.29, 0.717) is 18.0 Å². The first-order chi connectivity index (χ1) is 12.8. The molecule has 5 nitrogen and oxygen atoms in total. The Balaban J connectivity index is 1.58. The van der Waals surface area contributed by atoms with Crippen molar-refractivity contribution in [3.63, 3.8) is 0 Å². The molecular formula is C21H20N2O3. The minimum Gasteiger partial charge on any atom is -0.496 e. The molecule has 0 unspecified atom stereocenters. The van der Waals surface area contributed by atoms with Gasteiger partial charge in [0.1, 0.15) is 5.75 Å². The van der Waals surface area contributed by atoms with Crippen molar-refractivity contribution < 1.29 is 14.1 Å². The lowest BCUT2D eigenvalue weighted by atomic mass is 10.1. The lowest BCUT2D eigenvalue weighted by molar-refractivity contribution is 0.0718. The molecule has 0 radical (unpaired) electrons. The molecule has 132 valence electrons. The van der Waals surface area contributed by atoms with Crippen LogP contribution in [-0.4, -0.2) is 29.1 Å². The van der Waals surface area contributed by atoms with Gasteiger partial charge in [-0.15, -0.1) is 0 Å². The third-order valence-electron chi connectivity index (χ3n) is 4.57. The van der Waals surface area contributed by atoms with E-state index in [-0.39, 0.29) is 11.9 Å². The van der Waals surface area contributed by atoms with Gasteiger partial charge in [-0.05, 0) is 18.9 Å². The van der Waals surface area contributed by atoms with Gasteiger partial charge in [0.05, 0.1) is 7.11 Å². The van der Waals surface area contributed by atoms with Crippen molar-refractivity contribution >= 4 is 5.91 Å². The molecule has 1 fully saturated rings. The smallest absolute Gasteiger partial charge is 0.276 e. The van der Waals surface area contributed by atoms with Crippen LogP contribution in [0.2, 0.25) is 0 Å². The number of rotatable bonds is 6. The van der Waals surface area contributed by atoms with Gasteiger partial charge in [-0.2, -0.15) is 0 Å². The quantitative estimate of drug-likeness (QED) is 0.671. The second-order valence-corrected chi connectivity index (χ2v) is 6.42. The molecule has 0 aliphatic heterocycles. The molecule has 26 heavy (non-hydrogen) atoms. The van der Waals surface area contributed by atoms with Crippen LogP contribution in [0.25, 0.3) is 11.3 Å². The van der Waals surface area contributed by atoms with Crippen molar-refractivity contribution in [3.05, 3.63) is 71.9 Å². The second kappa shape index (κ2) is 7.04. The highest BCUT2D eigenvalue weighted by Gasteiger charge is 2.34. The molecule has 5 heteroatoms. The molecule has 0 bridgehead atoms. The van der Waals surface area contributed by atoms with Crippen molar-refractivity contribution in [1.29, 1.82) is 0 Å². The van der Waals surface area contributed by atoms with Crippen LogP contribution in [-0.2, 0) is 6.54 Å². The molecule has 1 saturated carbocycles. The van der Waals surface area contributed by atoms with Crippen molar-refractivity contribution in [2.45, 2.75) is 25.4 Å². The summed E-state index contributed by atoms with van der Waals surface area (Å²) in [6.45, 7) is 0.501. The summed E-state index contributed by atoms with van der Waals surface area (Å²) < 4.78 is 10.8. The Labute approximate surface area is 152 Å². The van der Waals surface area contributed by atoms with E-state index in [4.69, 9.17) is 9.26 Å². The van der Waals surface area contributed by atoms with E-state index < -0.39 is 0 Å². The zero-order valence-electron chi connectivity index (χ0n) is 14.6. The number of nitrogens with zero attached hydrogens (tertiary/aromatic N) is 2. The van der Waals surface area contributed by atoms with Gasteiger partial charge < -0.3 is 14.2 Å². The third-order valence-corrected chi connectivity index (χ3v) is 4.57. The SMILES string of the molecule is COc1ccccc1CN(C(=O)c1cc(-c2ccccc2)on1)C1CC1. The van der Waals surface area contributed by atoms with Crippen LogP contribution < -0.4 is 4.74 Å². The maximum absolute atomic E-state index is 13.0. The maximum atomic E-state index is 13.0. The summed E-state index contributed by atoms with van der Waals surface area (Å²) in [5.41, 5.74) is 2.23. The molecule has 0 atom stereocenters. The first kappa shape index (κ1) is 16.4. The molecule has 0 N–H and O–H groups in total. The highest BCUT2D eigenvalue weighted by Crippen LogP contribution is 2.32. The summed E-state index contributed by atoms with van der Waals surface area (Å²) in [4.78, 5) is 14.9. The van der Waals surface area contributed by atoms with Crippen LogP contribution in [0.5, 0.6) is 5.75 Å². The minimum absolute atomic E-state index is 0.107. The van der Waals surface area contributed by atoms with Crippen molar-refractivity contribution in [1.82, 2.24) is 10.1 Å². The van der Waals surface area contributed by atoms with E-state index in [1.165, 1.54) is 0 Å². The molecule has 1 heterocycles. The number of methoxy groups -OCH3 is 1. The zero-order chi connectivity index (χ0) is 17.9. The molecular weight excluding hydrogens is 328 g/mol. The second-order valence-electron chi connectivity index (χ2n) is 6.42. The lowest BCUT2D eigenvalue weighted by Crippen LogP contribution is -2.33. The fraction of sp³-hybridized carbons (Fsp3) is 0.238. The summed E-state index contributed by atoms with van der Waals surface area (Å²) in [6.07, 6.45) is 2.04. The number of carbonyl (C=O) groups is 1. The molecule has 1 aliphatic carbocycles. The van der Waals surface area contributed by atoms with Crippen LogP contribution in [0.4, 0.5) is 0 Å². The van der Waals surface area contributed by atoms with E-state index >= 15 is 0 Å². The first-order valence-electron chi connectivity index (χ1n) is 8.71. The minimum atomic E-state index is -0.107. The van der Waals surface area contributed by atoms with Gasteiger partial charge >= 0.3 is 0 Å². The topological polar surface area (TPSA) is 55.6 Å². The first-order valence-corrected chi connectivity index (χ1v) is 8.71. The van der Waals surface area contributed by atoms with Crippen LogP contribution in [0.1, 0.15) is 28.9 Å². The normalized spacial score (nSPS) is 13.4. The monoisotopic (exact) mass is 348 g/mol. The summed E-state index contributed by atoms with van der Waals surface area (Å²) in [5.74, 6) is 1.28. The predicted octanol–water partition coefficient (Wildman–Crippen LogP) is 4.16. The van der Waals surface area contributed by atoms with E-state index in [1.807, 2.05) is 59.5 Å². The summed E-state index contributed by atoms with van der Waals surface area (Å²) >= 11 is 0. The molecule has 0 spiro atoms. The van der Waals surface area contributed by atoms with Gasteiger partial charge in [0.2, 0.25) is 0 Å². The number of amides is 1. The number of para-hydroxylation sites is 1. The number of ether oxygens (including phenoxy) is 1. The van der Waals surface area contributed by atoms with Crippen molar-refractivity contribution in [2.75, 3.05) is 7.11 Å². The summed E-state index contributed by atoms with van der Waals surface area (Å²) in [5, 5.41) is 4.01. The highest BCUT2D eigenvalue weighted by atomic mass is 16.5. The van der Waals surface area contributed by atoms with Gasteiger partial charge in [-0.3, -0.25) is 4.79 Å². The molecule has 3 aromatic rings. The van der Waals surface area contributed by atoms with E-state index in [1.54, 1.807) is 13.2 Å². The Hall–Kier alpha value is -3.08. The maximum Gasteiger partial charge on any atom is 0.276 e. The van der Waals surface area contributed by atoms with Gasteiger partial charge in [-0.25, -0.2) is 0 Å². The Morgan fingerprint density at radius 2 is 1.88 bits per heavy atom. The van der Waals surface area contributed by atoms with Crippen LogP contribution >= 0.6 is 0 Å². The van der Waals surface area contributed by atoms with Crippen LogP contribution in [0.3, 0.4) is 0 Å². The Bertz CT molecular complexity index is 900. The molecule has 2 aromatic carbocycles. The van der Waals surface area contributed by atoms with Gasteiger partial charge in [0, 0.05) is 29.8 Å². The standard InChI is InChI=1S/C21H20N2O3/c1-25-19-10-6-5-9-16(19)14-23(17-11-12-17)21(24)18-13-20(26-22-18)15-7-3-2-4-8-15/h2-10,13,17H,11-12,14H2,1H3. The average molecular weight is 348 g/mol. The van der Waals surface area contributed by atoms with E-state index in [0.717, 1.165) is 29.7 Å². The Morgan fingerprint density at radius 3 is 2.62 bits per heavy atom. The van der Waals surface area contributed by atoms with Gasteiger partial charge in [0.15, 0.2) is 11.5 Å². The van der Waals surface area contributed by atoms with Crippen LogP contribution in [0.15, 0.2) is 65.2 Å². The molecule has 1 amide bonds. The molecule has 0 saturated heterocycles. The molecule has 1 aliphatic rings. The number of carbonyl (C=O) groups excluding carboxylic acids is 1. The summed E-state index contributed by atoms with van der Waals surface area (Å²) in [6, 6.07) is 19.4. The number of hydrogen-bond acceptors (Lipinski definition) is 4. The van der Waals surface area contributed by atoms with Crippen molar-refractivity contribution in [2.24, 2.45) is 0 Å². The summed E-state index contributed by atoms with van der Waals surface area (Å²) in [7, 11) is 1.64. The number of aromatic nitrogens is 1. The number of benzene rings is 2. The Morgan fingerprint density at radius 1 is 1.15 bits per heavy atom. The lowest BCUT2D eigenvalue weighted by Gasteiger charge is -2.22. The van der Waals surface area contributed by atoms with Gasteiger partial charge in [0.25, 0.3) is 5.91 Å². The van der Waals surface area contributed by atoms with Crippen LogP contribution in [0, 0.1) is 0 Å². The fourth-order valence-corrected chi connectivity index (χ4v) is 3.03. The average Bonchev–Trinajstić information content (AvgIpc) is 3.42. The Kier molecular flexibility index (Phi) is 4.44. The predicted molar refractivity (Wildman–Crippen MR) is 97.8 cm³/mol. The third kappa shape index (κ3) is 3.33. The van der Waals surface area contributed by atoms with Crippen molar-refractivity contribution in [3.8, 4) is 17.1 Å². The largest absolute Gasteiger partial charge is 0.496 e. The van der Waals surface area contributed by atoms with E-state index in [9.17, 15) is 4.79 Å². The molecule has 1 aromatic heterocycles. The number of hydrogen-bond donors (Lipinski definition) is 0. The fourth-order valence-electron chi connectivity index (χ4n) is 3.03. The molecule has 4 rings (SSSR count).